The van der Waals surface area contributed by atoms with Crippen molar-refractivity contribution in [2.75, 3.05) is 13.1 Å². The van der Waals surface area contributed by atoms with E-state index in [9.17, 15) is 9.59 Å². The Morgan fingerprint density at radius 3 is 2.83 bits per heavy atom. The predicted octanol–water partition coefficient (Wildman–Crippen LogP) is 2.65. The number of benzene rings is 1. The van der Waals surface area contributed by atoms with Crippen molar-refractivity contribution in [2.45, 2.75) is 51.7 Å². The summed E-state index contributed by atoms with van der Waals surface area (Å²) >= 11 is 0. The number of fused-ring (bicyclic) bond motifs is 2. The standard InChI is InChI=1S/C23H27N5O2/c1-16(29)26-12-10-19-18(15-26)23(30)28-22(24-19)13-20(25-28)21-9-5-6-11-27(21)14-17-7-3-2-4-8-17/h2-4,7-8,13,21,25H,5-6,9-12,14-15H2,1H3. The van der Waals surface area contributed by atoms with Crippen LogP contribution in [0.1, 0.15) is 54.7 Å². The minimum atomic E-state index is -0.0855. The van der Waals surface area contributed by atoms with Gasteiger partial charge in [-0.25, -0.2) is 9.50 Å². The Hall–Kier alpha value is -2.93. The molecule has 1 amide bonds. The van der Waals surface area contributed by atoms with Crippen molar-refractivity contribution >= 4 is 11.6 Å². The minimum absolute atomic E-state index is 0.00363. The van der Waals surface area contributed by atoms with Gasteiger partial charge in [-0.05, 0) is 24.9 Å². The Labute approximate surface area is 175 Å². The number of amides is 1. The summed E-state index contributed by atoms with van der Waals surface area (Å²) in [6, 6.07) is 12.8. The summed E-state index contributed by atoms with van der Waals surface area (Å²) in [5.41, 5.74) is 4.39. The molecule has 1 saturated heterocycles. The number of aromatic amines is 1. The number of H-pyrrole nitrogens is 1. The summed E-state index contributed by atoms with van der Waals surface area (Å²) in [5, 5.41) is 3.34. The number of nitrogens with one attached hydrogen (secondary N) is 1. The highest BCUT2D eigenvalue weighted by Crippen LogP contribution is 2.32. The summed E-state index contributed by atoms with van der Waals surface area (Å²) in [7, 11) is 0. The Kier molecular flexibility index (Phi) is 4.90. The first kappa shape index (κ1) is 19.1. The van der Waals surface area contributed by atoms with Gasteiger partial charge in [0.2, 0.25) is 5.91 Å². The second-order valence-corrected chi connectivity index (χ2v) is 8.41. The van der Waals surface area contributed by atoms with Crippen LogP contribution < -0.4 is 5.56 Å². The van der Waals surface area contributed by atoms with Crippen molar-refractivity contribution in [3.05, 3.63) is 69.3 Å². The highest BCUT2D eigenvalue weighted by atomic mass is 16.2. The van der Waals surface area contributed by atoms with Crippen LogP contribution >= 0.6 is 0 Å². The zero-order chi connectivity index (χ0) is 20.7. The van der Waals surface area contributed by atoms with Gasteiger partial charge in [0.25, 0.3) is 5.56 Å². The van der Waals surface area contributed by atoms with Gasteiger partial charge in [-0.2, -0.15) is 0 Å². The fraction of sp³-hybridized carbons (Fsp3) is 0.435. The number of carbonyl (C=O) groups is 1. The molecule has 1 fully saturated rings. The van der Waals surface area contributed by atoms with Gasteiger partial charge in [0.1, 0.15) is 0 Å². The van der Waals surface area contributed by atoms with E-state index >= 15 is 0 Å². The van der Waals surface area contributed by atoms with E-state index < -0.39 is 0 Å². The number of piperidine rings is 1. The Morgan fingerprint density at radius 1 is 1.20 bits per heavy atom. The van der Waals surface area contributed by atoms with E-state index in [0.29, 0.717) is 30.7 Å². The number of aromatic nitrogens is 3. The maximum absolute atomic E-state index is 13.2. The quantitative estimate of drug-likeness (QED) is 0.727. The lowest BCUT2D eigenvalue weighted by molar-refractivity contribution is -0.129. The molecule has 156 valence electrons. The van der Waals surface area contributed by atoms with Gasteiger partial charge in [-0.3, -0.25) is 19.6 Å². The number of nitrogens with zero attached hydrogens (tertiary/aromatic N) is 4. The lowest BCUT2D eigenvalue weighted by atomic mass is 9.98. The molecule has 2 aromatic heterocycles. The molecule has 7 nitrogen and oxygen atoms in total. The third-order valence-electron chi connectivity index (χ3n) is 6.43. The molecule has 1 unspecified atom stereocenters. The largest absolute Gasteiger partial charge is 0.338 e. The molecule has 5 rings (SSSR count). The van der Waals surface area contributed by atoms with E-state index in [-0.39, 0.29) is 17.5 Å². The second-order valence-electron chi connectivity index (χ2n) is 8.41. The van der Waals surface area contributed by atoms with Crippen molar-refractivity contribution in [3.8, 4) is 0 Å². The summed E-state index contributed by atoms with van der Waals surface area (Å²) in [5.74, 6) is -0.00363. The van der Waals surface area contributed by atoms with E-state index in [1.807, 2.05) is 12.1 Å². The summed E-state index contributed by atoms with van der Waals surface area (Å²) in [6.45, 7) is 4.45. The molecule has 30 heavy (non-hydrogen) atoms. The monoisotopic (exact) mass is 405 g/mol. The Bertz CT molecular complexity index is 1130. The molecule has 0 saturated carbocycles. The predicted molar refractivity (Wildman–Crippen MR) is 114 cm³/mol. The van der Waals surface area contributed by atoms with E-state index in [4.69, 9.17) is 4.98 Å². The molecule has 1 aromatic carbocycles. The van der Waals surface area contributed by atoms with E-state index in [0.717, 1.165) is 30.9 Å². The van der Waals surface area contributed by atoms with Crippen LogP contribution in [0.3, 0.4) is 0 Å². The normalized spacial score (nSPS) is 19.8. The second kappa shape index (κ2) is 7.72. The highest BCUT2D eigenvalue weighted by molar-refractivity contribution is 5.73. The molecule has 2 aliphatic heterocycles. The van der Waals surface area contributed by atoms with Crippen LogP contribution in [-0.2, 0) is 24.3 Å². The van der Waals surface area contributed by atoms with Gasteiger partial charge in [0.15, 0.2) is 5.65 Å². The van der Waals surface area contributed by atoms with E-state index in [2.05, 4.69) is 34.3 Å². The molecule has 1 N–H and O–H groups in total. The van der Waals surface area contributed by atoms with Crippen LogP contribution in [0.15, 0.2) is 41.2 Å². The number of carbonyl (C=O) groups excluding carboxylic acids is 1. The molecular formula is C23H27N5O2. The van der Waals surface area contributed by atoms with Crippen molar-refractivity contribution in [3.63, 3.8) is 0 Å². The lowest BCUT2D eigenvalue weighted by Gasteiger charge is -2.35. The maximum atomic E-state index is 13.2. The minimum Gasteiger partial charge on any atom is -0.338 e. The summed E-state index contributed by atoms with van der Waals surface area (Å²) < 4.78 is 1.56. The molecule has 0 radical (unpaired) electrons. The zero-order valence-electron chi connectivity index (χ0n) is 17.3. The van der Waals surface area contributed by atoms with Crippen LogP contribution in [0.25, 0.3) is 5.65 Å². The van der Waals surface area contributed by atoms with Crippen LogP contribution in [-0.4, -0.2) is 43.4 Å². The van der Waals surface area contributed by atoms with Crippen LogP contribution in [0.5, 0.6) is 0 Å². The molecule has 1 atom stereocenters. The maximum Gasteiger partial charge on any atom is 0.277 e. The number of rotatable bonds is 3. The van der Waals surface area contributed by atoms with Gasteiger partial charge < -0.3 is 4.90 Å². The van der Waals surface area contributed by atoms with Crippen LogP contribution in [0.2, 0.25) is 0 Å². The van der Waals surface area contributed by atoms with Crippen molar-refractivity contribution in [2.24, 2.45) is 0 Å². The van der Waals surface area contributed by atoms with Gasteiger partial charge in [-0.15, -0.1) is 0 Å². The van der Waals surface area contributed by atoms with Gasteiger partial charge >= 0.3 is 0 Å². The fourth-order valence-electron chi connectivity index (χ4n) is 4.79. The summed E-state index contributed by atoms with van der Waals surface area (Å²) in [4.78, 5) is 33.9. The topological polar surface area (TPSA) is 73.7 Å². The first-order valence-corrected chi connectivity index (χ1v) is 10.8. The molecule has 0 aliphatic carbocycles. The van der Waals surface area contributed by atoms with Crippen molar-refractivity contribution < 1.29 is 4.79 Å². The first-order valence-electron chi connectivity index (χ1n) is 10.8. The number of likely N-dealkylation sites (tertiary alicyclic amines) is 1. The Morgan fingerprint density at radius 2 is 2.03 bits per heavy atom. The SMILES string of the molecule is CC(=O)N1CCc2nc3cc(C4CCCCN4Cc4ccccc4)[nH]n3c(=O)c2C1. The third kappa shape index (κ3) is 3.43. The van der Waals surface area contributed by atoms with Gasteiger partial charge in [-0.1, -0.05) is 36.8 Å². The third-order valence-corrected chi connectivity index (χ3v) is 6.43. The van der Waals surface area contributed by atoms with E-state index in [1.165, 1.54) is 18.4 Å². The number of hydrogen-bond donors (Lipinski definition) is 1. The lowest BCUT2D eigenvalue weighted by Crippen LogP contribution is -2.39. The van der Waals surface area contributed by atoms with Crippen molar-refractivity contribution in [1.29, 1.82) is 0 Å². The highest BCUT2D eigenvalue weighted by Gasteiger charge is 2.28. The molecule has 4 heterocycles. The Balaban J connectivity index is 1.49. The average molecular weight is 406 g/mol. The molecule has 2 aliphatic rings. The molecular weight excluding hydrogens is 378 g/mol. The molecule has 3 aromatic rings. The molecule has 7 heteroatoms. The van der Waals surface area contributed by atoms with Gasteiger partial charge in [0.05, 0.1) is 29.5 Å². The smallest absolute Gasteiger partial charge is 0.277 e. The fourth-order valence-corrected chi connectivity index (χ4v) is 4.79. The van der Waals surface area contributed by atoms with E-state index in [1.54, 1.807) is 16.3 Å². The first-order chi connectivity index (χ1) is 14.6. The van der Waals surface area contributed by atoms with Gasteiger partial charge in [0, 0.05) is 32.5 Å². The zero-order valence-corrected chi connectivity index (χ0v) is 17.3. The molecule has 0 spiro atoms. The molecule has 0 bridgehead atoms. The van der Waals surface area contributed by atoms with Crippen LogP contribution in [0.4, 0.5) is 0 Å². The van der Waals surface area contributed by atoms with Crippen molar-refractivity contribution in [1.82, 2.24) is 24.4 Å². The summed E-state index contributed by atoms with van der Waals surface area (Å²) in [6.07, 6.45) is 4.06. The number of hydrogen-bond acceptors (Lipinski definition) is 4. The van der Waals surface area contributed by atoms with Crippen LogP contribution in [0, 0.1) is 0 Å². The average Bonchev–Trinajstić information content (AvgIpc) is 3.19.